The Morgan fingerprint density at radius 3 is 2.79 bits per heavy atom. The van der Waals surface area contributed by atoms with E-state index < -0.39 is 0 Å². The van der Waals surface area contributed by atoms with Gasteiger partial charge in [-0.3, -0.25) is 4.90 Å². The molecule has 1 aliphatic heterocycles. The fourth-order valence-electron chi connectivity index (χ4n) is 3.14. The third-order valence-electron chi connectivity index (χ3n) is 4.34. The Bertz CT molecular complexity index is 827. The van der Waals surface area contributed by atoms with Crippen LogP contribution in [-0.4, -0.2) is 21.6 Å². The summed E-state index contributed by atoms with van der Waals surface area (Å²) in [7, 11) is 0. The molecule has 0 radical (unpaired) electrons. The van der Waals surface area contributed by atoms with Crippen LogP contribution < -0.4 is 0 Å². The lowest BCUT2D eigenvalue weighted by atomic mass is 10.2. The molecule has 1 aliphatic rings. The molecular weight excluding hydrogens is 342 g/mol. The SMILES string of the molecule is Cc1ccc(-c2nnc([C@H]3CCCN3Cc3ccc(Cl)cc3)o2)s1. The van der Waals surface area contributed by atoms with Crippen LogP contribution in [0.15, 0.2) is 40.8 Å². The third kappa shape index (κ3) is 3.24. The summed E-state index contributed by atoms with van der Waals surface area (Å²) in [6.07, 6.45) is 2.20. The quantitative estimate of drug-likeness (QED) is 0.650. The fourth-order valence-corrected chi connectivity index (χ4v) is 4.05. The minimum absolute atomic E-state index is 0.197. The van der Waals surface area contributed by atoms with Crippen LogP contribution >= 0.6 is 22.9 Å². The van der Waals surface area contributed by atoms with Gasteiger partial charge in [-0.15, -0.1) is 21.5 Å². The molecule has 4 nitrogen and oxygen atoms in total. The van der Waals surface area contributed by atoms with E-state index in [0.29, 0.717) is 5.89 Å². The molecule has 1 fully saturated rings. The zero-order valence-corrected chi connectivity index (χ0v) is 15.0. The fraction of sp³-hybridized carbons (Fsp3) is 0.333. The summed E-state index contributed by atoms with van der Waals surface area (Å²) in [6, 6.07) is 12.3. The Labute approximate surface area is 150 Å². The molecule has 2 aromatic heterocycles. The predicted molar refractivity (Wildman–Crippen MR) is 96.2 cm³/mol. The van der Waals surface area contributed by atoms with Gasteiger partial charge < -0.3 is 4.42 Å². The Morgan fingerprint density at radius 1 is 1.21 bits per heavy atom. The van der Waals surface area contributed by atoms with Crippen molar-refractivity contribution in [2.45, 2.75) is 32.4 Å². The summed E-state index contributed by atoms with van der Waals surface area (Å²) in [5.41, 5.74) is 1.25. The maximum Gasteiger partial charge on any atom is 0.257 e. The second-order valence-electron chi connectivity index (χ2n) is 6.11. The Balaban J connectivity index is 1.52. The average molecular weight is 360 g/mol. The van der Waals surface area contributed by atoms with E-state index in [1.807, 2.05) is 18.2 Å². The number of rotatable bonds is 4. The van der Waals surface area contributed by atoms with Crippen LogP contribution in [0.1, 0.15) is 35.2 Å². The molecule has 124 valence electrons. The molecule has 4 rings (SSSR count). The van der Waals surface area contributed by atoms with Gasteiger partial charge in [0.15, 0.2) is 0 Å². The number of likely N-dealkylation sites (tertiary alicyclic amines) is 1. The van der Waals surface area contributed by atoms with E-state index in [1.165, 1.54) is 10.4 Å². The van der Waals surface area contributed by atoms with E-state index >= 15 is 0 Å². The first-order chi connectivity index (χ1) is 11.7. The number of aryl methyl sites for hydroxylation is 1. The first-order valence-corrected chi connectivity index (χ1v) is 9.27. The number of hydrogen-bond donors (Lipinski definition) is 0. The number of nitrogens with zero attached hydrogens (tertiary/aromatic N) is 3. The molecule has 1 aromatic carbocycles. The molecule has 3 heterocycles. The van der Waals surface area contributed by atoms with Gasteiger partial charge in [-0.1, -0.05) is 23.7 Å². The van der Waals surface area contributed by atoms with Crippen molar-refractivity contribution in [3.8, 4) is 10.8 Å². The van der Waals surface area contributed by atoms with Gasteiger partial charge in [0.05, 0.1) is 10.9 Å². The second kappa shape index (κ2) is 6.67. The first kappa shape index (κ1) is 15.8. The van der Waals surface area contributed by atoms with Crippen molar-refractivity contribution in [3.05, 3.63) is 57.8 Å². The molecular formula is C18H18ClN3OS. The van der Waals surface area contributed by atoms with Crippen molar-refractivity contribution in [2.24, 2.45) is 0 Å². The number of hydrogen-bond acceptors (Lipinski definition) is 5. The molecule has 24 heavy (non-hydrogen) atoms. The third-order valence-corrected chi connectivity index (χ3v) is 5.58. The van der Waals surface area contributed by atoms with Crippen molar-refractivity contribution >= 4 is 22.9 Å². The molecule has 0 aliphatic carbocycles. The highest BCUT2D eigenvalue weighted by Gasteiger charge is 2.30. The highest BCUT2D eigenvalue weighted by atomic mass is 35.5. The van der Waals surface area contributed by atoms with Gasteiger partial charge in [-0.25, -0.2) is 0 Å². The largest absolute Gasteiger partial charge is 0.418 e. The predicted octanol–water partition coefficient (Wildman–Crippen LogP) is 5.10. The second-order valence-corrected chi connectivity index (χ2v) is 7.84. The molecule has 1 saturated heterocycles. The van der Waals surface area contributed by atoms with E-state index in [4.69, 9.17) is 16.0 Å². The van der Waals surface area contributed by atoms with Crippen LogP contribution in [0.5, 0.6) is 0 Å². The number of aromatic nitrogens is 2. The maximum atomic E-state index is 5.98. The zero-order valence-electron chi connectivity index (χ0n) is 13.4. The van der Waals surface area contributed by atoms with Crippen molar-refractivity contribution in [2.75, 3.05) is 6.54 Å². The minimum atomic E-state index is 0.197. The van der Waals surface area contributed by atoms with E-state index in [0.717, 1.165) is 41.7 Å². The van der Waals surface area contributed by atoms with Crippen LogP contribution in [0.4, 0.5) is 0 Å². The molecule has 1 atom stereocenters. The van der Waals surface area contributed by atoms with Gasteiger partial charge in [0.1, 0.15) is 0 Å². The van der Waals surface area contributed by atoms with Gasteiger partial charge >= 0.3 is 0 Å². The van der Waals surface area contributed by atoms with Crippen LogP contribution in [0.3, 0.4) is 0 Å². The Kier molecular flexibility index (Phi) is 4.39. The molecule has 0 N–H and O–H groups in total. The van der Waals surface area contributed by atoms with Gasteiger partial charge in [0, 0.05) is 16.4 Å². The molecule has 3 aromatic rings. The normalized spacial score (nSPS) is 18.3. The van der Waals surface area contributed by atoms with E-state index in [9.17, 15) is 0 Å². The monoisotopic (exact) mass is 359 g/mol. The molecule has 0 bridgehead atoms. The lowest BCUT2D eigenvalue weighted by Crippen LogP contribution is -2.23. The molecule has 0 spiro atoms. The average Bonchev–Trinajstić information content (AvgIpc) is 3.29. The summed E-state index contributed by atoms with van der Waals surface area (Å²) < 4.78 is 5.98. The first-order valence-electron chi connectivity index (χ1n) is 8.08. The Hall–Kier alpha value is -1.69. The van der Waals surface area contributed by atoms with E-state index in [1.54, 1.807) is 11.3 Å². The Morgan fingerprint density at radius 2 is 2.04 bits per heavy atom. The topological polar surface area (TPSA) is 42.2 Å². The van der Waals surface area contributed by atoms with Crippen LogP contribution in [0.25, 0.3) is 10.8 Å². The lowest BCUT2D eigenvalue weighted by Gasteiger charge is -2.21. The van der Waals surface area contributed by atoms with Crippen molar-refractivity contribution < 1.29 is 4.42 Å². The summed E-state index contributed by atoms with van der Waals surface area (Å²) >= 11 is 7.65. The van der Waals surface area contributed by atoms with Gasteiger partial charge in [0.25, 0.3) is 5.89 Å². The molecule has 6 heteroatoms. The van der Waals surface area contributed by atoms with Crippen molar-refractivity contribution in [1.29, 1.82) is 0 Å². The van der Waals surface area contributed by atoms with E-state index in [-0.39, 0.29) is 6.04 Å². The van der Waals surface area contributed by atoms with Crippen molar-refractivity contribution in [1.82, 2.24) is 15.1 Å². The summed E-state index contributed by atoms with van der Waals surface area (Å²) in [5.74, 6) is 1.35. The molecule has 0 amide bonds. The number of thiophene rings is 1. The smallest absolute Gasteiger partial charge is 0.257 e. The number of benzene rings is 1. The van der Waals surface area contributed by atoms with E-state index in [2.05, 4.69) is 40.2 Å². The van der Waals surface area contributed by atoms with Crippen molar-refractivity contribution in [3.63, 3.8) is 0 Å². The maximum absolute atomic E-state index is 5.98. The van der Waals surface area contributed by atoms with Crippen LogP contribution in [0.2, 0.25) is 5.02 Å². The van der Waals surface area contributed by atoms with Gasteiger partial charge in [0.2, 0.25) is 5.89 Å². The lowest BCUT2D eigenvalue weighted by molar-refractivity contribution is 0.215. The summed E-state index contributed by atoms with van der Waals surface area (Å²) in [5, 5.41) is 9.33. The highest BCUT2D eigenvalue weighted by molar-refractivity contribution is 7.15. The highest BCUT2D eigenvalue weighted by Crippen LogP contribution is 2.35. The molecule has 0 unspecified atom stereocenters. The van der Waals surface area contributed by atoms with Crippen LogP contribution in [-0.2, 0) is 6.54 Å². The van der Waals surface area contributed by atoms with Gasteiger partial charge in [-0.05, 0) is 56.1 Å². The standard InChI is InChI=1S/C18H18ClN3OS/c1-12-4-9-16(24-12)18-21-20-17(23-18)15-3-2-10-22(15)11-13-5-7-14(19)8-6-13/h4-9,15H,2-3,10-11H2,1H3/t15-/m1/s1. The minimum Gasteiger partial charge on any atom is -0.418 e. The van der Waals surface area contributed by atoms with Gasteiger partial charge in [-0.2, -0.15) is 0 Å². The summed E-state index contributed by atoms with van der Waals surface area (Å²) in [4.78, 5) is 4.68. The molecule has 0 saturated carbocycles. The van der Waals surface area contributed by atoms with Crippen LogP contribution in [0, 0.1) is 6.92 Å². The zero-order chi connectivity index (χ0) is 16.5. The summed E-state index contributed by atoms with van der Waals surface area (Å²) in [6.45, 7) is 4.00. The number of halogens is 1.